The van der Waals surface area contributed by atoms with Crippen molar-refractivity contribution < 1.29 is 14.4 Å². The molecule has 6 nitrogen and oxygen atoms in total. The average Bonchev–Trinajstić information content (AvgIpc) is 2.63. The van der Waals surface area contributed by atoms with Gasteiger partial charge in [-0.1, -0.05) is 13.8 Å². The van der Waals surface area contributed by atoms with Gasteiger partial charge in [-0.25, -0.2) is 4.79 Å². The summed E-state index contributed by atoms with van der Waals surface area (Å²) in [6.07, 6.45) is 1.01. The van der Waals surface area contributed by atoms with Crippen LogP contribution in [0.3, 0.4) is 0 Å². The molecule has 1 saturated heterocycles. The van der Waals surface area contributed by atoms with E-state index in [9.17, 15) is 14.4 Å². The van der Waals surface area contributed by atoms with Crippen molar-refractivity contribution in [1.82, 2.24) is 15.1 Å². The first kappa shape index (κ1) is 15.5. The molecule has 0 bridgehead atoms. The van der Waals surface area contributed by atoms with Crippen molar-refractivity contribution >= 4 is 17.8 Å². The first-order chi connectivity index (χ1) is 8.96. The molecule has 0 aromatic heterocycles. The van der Waals surface area contributed by atoms with E-state index >= 15 is 0 Å². The van der Waals surface area contributed by atoms with E-state index in [1.54, 1.807) is 4.90 Å². The Kier molecular flexibility index (Phi) is 4.91. The minimum absolute atomic E-state index is 0.0407. The molecule has 0 radical (unpaired) electrons. The Bertz CT molecular complexity index is 373. The maximum absolute atomic E-state index is 12.1. The zero-order valence-electron chi connectivity index (χ0n) is 12.2. The minimum Gasteiger partial charge on any atom is -0.342 e. The molecular formula is C13H23N3O3. The van der Waals surface area contributed by atoms with Crippen LogP contribution >= 0.6 is 0 Å². The Morgan fingerprint density at radius 2 is 1.68 bits per heavy atom. The maximum atomic E-state index is 12.1. The van der Waals surface area contributed by atoms with Gasteiger partial charge in [0.05, 0.1) is 0 Å². The molecule has 0 saturated carbocycles. The van der Waals surface area contributed by atoms with Crippen LogP contribution in [0.25, 0.3) is 0 Å². The van der Waals surface area contributed by atoms with Gasteiger partial charge in [0, 0.05) is 13.1 Å². The first-order valence-corrected chi connectivity index (χ1v) is 6.87. The average molecular weight is 269 g/mol. The molecule has 1 rings (SSSR count). The lowest BCUT2D eigenvalue weighted by molar-refractivity contribution is -0.134. The summed E-state index contributed by atoms with van der Waals surface area (Å²) in [7, 11) is 0. The molecule has 1 heterocycles. The van der Waals surface area contributed by atoms with Gasteiger partial charge in [0.2, 0.25) is 5.91 Å². The molecule has 1 N–H and O–H groups in total. The topological polar surface area (TPSA) is 69.7 Å². The third-order valence-electron chi connectivity index (χ3n) is 3.98. The Morgan fingerprint density at radius 1 is 1.16 bits per heavy atom. The highest BCUT2D eigenvalue weighted by Crippen LogP contribution is 2.29. The SMILES string of the molecule is CCN(CC)C(=O)CN1C(=O)NC(=O)C1(CC)CC. The van der Waals surface area contributed by atoms with Gasteiger partial charge in [0.1, 0.15) is 12.1 Å². The van der Waals surface area contributed by atoms with E-state index in [1.807, 2.05) is 27.7 Å². The molecule has 1 aliphatic rings. The predicted molar refractivity (Wildman–Crippen MR) is 71.5 cm³/mol. The van der Waals surface area contributed by atoms with Crippen LogP contribution in [0.2, 0.25) is 0 Å². The molecule has 1 fully saturated rings. The normalized spacial score (nSPS) is 17.6. The van der Waals surface area contributed by atoms with Crippen LogP contribution in [-0.2, 0) is 9.59 Å². The molecule has 0 aromatic rings. The Hall–Kier alpha value is -1.59. The molecule has 4 amide bonds. The maximum Gasteiger partial charge on any atom is 0.325 e. The van der Waals surface area contributed by atoms with Crippen molar-refractivity contribution in [1.29, 1.82) is 0 Å². The van der Waals surface area contributed by atoms with Crippen LogP contribution in [0.4, 0.5) is 4.79 Å². The standard InChI is InChI=1S/C13H23N3O3/c1-5-13(6-2)11(18)14-12(19)16(13)9-10(17)15(7-3)8-4/h5-9H2,1-4H3,(H,14,18,19). The van der Waals surface area contributed by atoms with E-state index in [0.29, 0.717) is 25.9 Å². The molecule has 6 heteroatoms. The highest BCUT2D eigenvalue weighted by atomic mass is 16.2. The number of carbonyl (C=O) groups is 3. The number of rotatable bonds is 6. The van der Waals surface area contributed by atoms with Gasteiger partial charge >= 0.3 is 6.03 Å². The molecule has 0 spiro atoms. The third kappa shape index (κ3) is 2.57. The third-order valence-corrected chi connectivity index (χ3v) is 3.98. The number of hydrogen-bond donors (Lipinski definition) is 1. The molecule has 1 aliphatic heterocycles. The van der Waals surface area contributed by atoms with E-state index in [-0.39, 0.29) is 18.4 Å². The van der Waals surface area contributed by atoms with Crippen LogP contribution in [0.5, 0.6) is 0 Å². The number of amides is 4. The molecule has 19 heavy (non-hydrogen) atoms. The van der Waals surface area contributed by atoms with E-state index < -0.39 is 11.6 Å². The number of likely N-dealkylation sites (N-methyl/N-ethyl adjacent to an activating group) is 1. The van der Waals surface area contributed by atoms with Crippen LogP contribution in [0.1, 0.15) is 40.5 Å². The Morgan fingerprint density at radius 3 is 2.11 bits per heavy atom. The van der Waals surface area contributed by atoms with Gasteiger partial charge in [0.15, 0.2) is 0 Å². The summed E-state index contributed by atoms with van der Waals surface area (Å²) in [5, 5.41) is 2.32. The molecule has 0 aliphatic carbocycles. The second-order valence-electron chi connectivity index (χ2n) is 4.65. The summed E-state index contributed by atoms with van der Waals surface area (Å²) in [5.41, 5.74) is -0.875. The smallest absolute Gasteiger partial charge is 0.325 e. The van der Waals surface area contributed by atoms with Crippen molar-refractivity contribution in [2.24, 2.45) is 0 Å². The number of imide groups is 1. The van der Waals surface area contributed by atoms with Gasteiger partial charge in [-0.05, 0) is 26.7 Å². The van der Waals surface area contributed by atoms with Crippen molar-refractivity contribution in [3.8, 4) is 0 Å². The molecular weight excluding hydrogens is 246 g/mol. The number of nitrogens with one attached hydrogen (secondary N) is 1. The fourth-order valence-electron chi connectivity index (χ4n) is 2.59. The number of hydrogen-bond acceptors (Lipinski definition) is 3. The Labute approximate surface area is 114 Å². The number of urea groups is 1. The lowest BCUT2D eigenvalue weighted by Crippen LogP contribution is -2.52. The second-order valence-corrected chi connectivity index (χ2v) is 4.65. The van der Waals surface area contributed by atoms with E-state index in [4.69, 9.17) is 0 Å². The van der Waals surface area contributed by atoms with Crippen molar-refractivity contribution in [2.75, 3.05) is 19.6 Å². The van der Waals surface area contributed by atoms with Crippen LogP contribution in [-0.4, -0.2) is 52.8 Å². The summed E-state index contributed by atoms with van der Waals surface area (Å²) in [6.45, 7) is 8.66. The highest BCUT2D eigenvalue weighted by Gasteiger charge is 2.50. The lowest BCUT2D eigenvalue weighted by Gasteiger charge is -2.34. The molecule has 0 aromatic carbocycles. The summed E-state index contributed by atoms with van der Waals surface area (Å²) in [4.78, 5) is 39.0. The summed E-state index contributed by atoms with van der Waals surface area (Å²) >= 11 is 0. The molecule has 108 valence electrons. The monoisotopic (exact) mass is 269 g/mol. The quantitative estimate of drug-likeness (QED) is 0.730. The van der Waals surface area contributed by atoms with Gasteiger partial charge < -0.3 is 9.80 Å². The summed E-state index contributed by atoms with van der Waals surface area (Å²) < 4.78 is 0. The van der Waals surface area contributed by atoms with Gasteiger partial charge in [-0.2, -0.15) is 0 Å². The zero-order valence-corrected chi connectivity index (χ0v) is 12.2. The first-order valence-electron chi connectivity index (χ1n) is 6.87. The van der Waals surface area contributed by atoms with Gasteiger partial charge in [-0.3, -0.25) is 14.9 Å². The molecule has 0 unspecified atom stereocenters. The number of carbonyl (C=O) groups excluding carboxylic acids is 3. The van der Waals surface area contributed by atoms with Crippen LogP contribution in [0.15, 0.2) is 0 Å². The zero-order chi connectivity index (χ0) is 14.6. The van der Waals surface area contributed by atoms with Crippen molar-refractivity contribution in [3.05, 3.63) is 0 Å². The fourth-order valence-corrected chi connectivity index (χ4v) is 2.59. The number of nitrogens with zero attached hydrogens (tertiary/aromatic N) is 2. The van der Waals surface area contributed by atoms with Gasteiger partial charge in [-0.15, -0.1) is 0 Å². The molecule has 0 atom stereocenters. The Balaban J connectivity index is 2.94. The van der Waals surface area contributed by atoms with E-state index in [1.165, 1.54) is 4.90 Å². The fraction of sp³-hybridized carbons (Fsp3) is 0.769. The van der Waals surface area contributed by atoms with E-state index in [2.05, 4.69) is 5.32 Å². The summed E-state index contributed by atoms with van der Waals surface area (Å²) in [5.74, 6) is -0.420. The van der Waals surface area contributed by atoms with Crippen LogP contribution < -0.4 is 5.32 Å². The largest absolute Gasteiger partial charge is 0.342 e. The van der Waals surface area contributed by atoms with Crippen molar-refractivity contribution in [3.63, 3.8) is 0 Å². The lowest BCUT2D eigenvalue weighted by atomic mass is 9.91. The van der Waals surface area contributed by atoms with Gasteiger partial charge in [0.25, 0.3) is 5.91 Å². The van der Waals surface area contributed by atoms with E-state index in [0.717, 1.165) is 0 Å². The predicted octanol–water partition coefficient (Wildman–Crippen LogP) is 0.965. The summed E-state index contributed by atoms with van der Waals surface area (Å²) in [6, 6.07) is -0.464. The second kappa shape index (κ2) is 6.04. The highest BCUT2D eigenvalue weighted by molar-refractivity contribution is 6.08. The van der Waals surface area contributed by atoms with Crippen LogP contribution in [0, 0.1) is 0 Å². The minimum atomic E-state index is -0.875. The van der Waals surface area contributed by atoms with Crippen molar-refractivity contribution in [2.45, 2.75) is 46.1 Å².